The predicted molar refractivity (Wildman–Crippen MR) is 166 cm³/mol. The van der Waals surface area contributed by atoms with Crippen LogP contribution in [0.15, 0.2) is 71.6 Å². The Morgan fingerprint density at radius 2 is 1.49 bits per heavy atom. The van der Waals surface area contributed by atoms with Crippen LogP contribution in [0.5, 0.6) is 0 Å². The summed E-state index contributed by atoms with van der Waals surface area (Å²) in [6.07, 6.45) is 0.272. The van der Waals surface area contributed by atoms with E-state index in [-0.39, 0.29) is 40.4 Å². The van der Waals surface area contributed by atoms with Gasteiger partial charge in [0, 0.05) is 28.2 Å². The van der Waals surface area contributed by atoms with E-state index in [9.17, 15) is 18.0 Å². The van der Waals surface area contributed by atoms with Gasteiger partial charge < -0.3 is 10.2 Å². The Morgan fingerprint density at radius 3 is 2.05 bits per heavy atom. The molecular weight excluding hydrogens is 628 g/mol. The van der Waals surface area contributed by atoms with Crippen LogP contribution in [0.4, 0.5) is 5.69 Å². The monoisotopic (exact) mass is 657 g/mol. The molecule has 0 aliphatic rings. The van der Waals surface area contributed by atoms with Crippen molar-refractivity contribution in [2.45, 2.75) is 44.7 Å². The molecule has 1 N–H and O–H groups in total. The molecule has 0 radical (unpaired) electrons. The highest BCUT2D eigenvalue weighted by Crippen LogP contribution is 2.33. The molecule has 0 aliphatic carbocycles. The van der Waals surface area contributed by atoms with Crippen molar-refractivity contribution in [1.29, 1.82) is 0 Å². The normalized spacial score (nSPS) is 12.2. The number of hydrogen-bond acceptors (Lipinski definition) is 4. The van der Waals surface area contributed by atoms with Gasteiger partial charge >= 0.3 is 0 Å². The van der Waals surface area contributed by atoms with E-state index in [1.807, 2.05) is 13.8 Å². The second-order valence-corrected chi connectivity index (χ2v) is 13.3. The van der Waals surface area contributed by atoms with E-state index in [0.29, 0.717) is 27.2 Å². The van der Waals surface area contributed by atoms with Crippen molar-refractivity contribution in [3.63, 3.8) is 0 Å². The third kappa shape index (κ3) is 8.52. The Kier molecular flexibility index (Phi) is 11.8. The van der Waals surface area contributed by atoms with E-state index in [0.717, 1.165) is 4.31 Å². The number of hydrogen-bond donors (Lipinski definition) is 1. The number of nitrogens with zero attached hydrogens (tertiary/aromatic N) is 2. The van der Waals surface area contributed by atoms with E-state index in [1.54, 1.807) is 43.3 Å². The molecule has 0 spiro atoms. The molecule has 0 fully saturated rings. The Labute approximate surface area is 261 Å². The molecule has 0 bridgehead atoms. The first-order chi connectivity index (χ1) is 19.3. The van der Waals surface area contributed by atoms with Crippen molar-refractivity contribution >= 4 is 73.9 Å². The maximum Gasteiger partial charge on any atom is 0.264 e. The van der Waals surface area contributed by atoms with Gasteiger partial charge in [-0.1, -0.05) is 91.4 Å². The molecule has 0 unspecified atom stereocenters. The van der Waals surface area contributed by atoms with Crippen LogP contribution in [0, 0.1) is 5.92 Å². The van der Waals surface area contributed by atoms with Crippen LogP contribution >= 0.6 is 46.4 Å². The highest BCUT2D eigenvalue weighted by Gasteiger charge is 2.34. The van der Waals surface area contributed by atoms with Gasteiger partial charge in [-0.2, -0.15) is 0 Å². The van der Waals surface area contributed by atoms with E-state index >= 15 is 0 Å². The van der Waals surface area contributed by atoms with E-state index < -0.39 is 28.5 Å². The molecule has 0 heterocycles. The zero-order valence-electron chi connectivity index (χ0n) is 22.8. The molecule has 1 atom stereocenters. The molecule has 7 nitrogen and oxygen atoms in total. The molecule has 2 amide bonds. The minimum absolute atomic E-state index is 0.0344. The first kappa shape index (κ1) is 33.0. The number of carbonyl (C=O) groups excluding carboxylic acids is 2. The van der Waals surface area contributed by atoms with Crippen LogP contribution in [-0.2, 0) is 26.2 Å². The summed E-state index contributed by atoms with van der Waals surface area (Å²) >= 11 is 25.0. The molecule has 3 rings (SSSR count). The third-order valence-electron chi connectivity index (χ3n) is 6.21. The topological polar surface area (TPSA) is 86.8 Å². The summed E-state index contributed by atoms with van der Waals surface area (Å²) in [5.74, 6) is -0.806. The number of amides is 2. The number of halogens is 4. The summed E-state index contributed by atoms with van der Waals surface area (Å²) in [6.45, 7) is 5.40. The predicted octanol–water partition coefficient (Wildman–Crippen LogP) is 7.08. The van der Waals surface area contributed by atoms with Gasteiger partial charge in [0.05, 0.1) is 15.6 Å². The van der Waals surface area contributed by atoms with Gasteiger partial charge in [0.25, 0.3) is 10.0 Å². The van der Waals surface area contributed by atoms with Gasteiger partial charge in [-0.3, -0.25) is 13.9 Å². The van der Waals surface area contributed by atoms with Gasteiger partial charge in [-0.25, -0.2) is 8.42 Å². The molecule has 41 heavy (non-hydrogen) atoms. The molecule has 3 aromatic rings. The smallest absolute Gasteiger partial charge is 0.264 e. The van der Waals surface area contributed by atoms with Crippen LogP contribution in [0.25, 0.3) is 0 Å². The number of carbonyl (C=O) groups is 2. The fraction of sp³-hybridized carbons (Fsp3) is 0.310. The number of anilines is 1. The van der Waals surface area contributed by atoms with Crippen molar-refractivity contribution in [3.8, 4) is 0 Å². The third-order valence-corrected chi connectivity index (χ3v) is 9.11. The Morgan fingerprint density at radius 1 is 0.878 bits per heavy atom. The minimum Gasteiger partial charge on any atom is -0.354 e. The molecule has 0 aromatic heterocycles. The summed E-state index contributed by atoms with van der Waals surface area (Å²) in [4.78, 5) is 28.7. The Hall–Kier alpha value is -2.49. The zero-order valence-corrected chi connectivity index (χ0v) is 26.6. The Balaban J connectivity index is 2.09. The number of sulfonamides is 1. The summed E-state index contributed by atoms with van der Waals surface area (Å²) in [5.41, 5.74) is 0.608. The Bertz CT molecular complexity index is 1490. The molecule has 0 saturated carbocycles. The second-order valence-electron chi connectivity index (χ2n) is 9.74. The number of nitrogens with one attached hydrogen (secondary N) is 1. The zero-order chi connectivity index (χ0) is 30.3. The standard InChI is InChI=1S/C29H31Cl4N3O4S/c1-4-26(29(38)34-16-19(2)3)35(17-20-10-11-21(30)14-24(20)32)28(37)18-36(27-13-12-22(31)15-25(27)33)41(39,40)23-8-6-5-7-9-23/h5-15,19,26H,4,16-18H2,1-3H3,(H,34,38)/t26-/m1/s1. The summed E-state index contributed by atoms with van der Waals surface area (Å²) < 4.78 is 28.7. The van der Waals surface area contributed by atoms with E-state index in [1.165, 1.54) is 35.2 Å². The van der Waals surface area contributed by atoms with Crippen molar-refractivity contribution in [1.82, 2.24) is 10.2 Å². The van der Waals surface area contributed by atoms with E-state index in [2.05, 4.69) is 5.32 Å². The van der Waals surface area contributed by atoms with Crippen LogP contribution < -0.4 is 9.62 Å². The lowest BCUT2D eigenvalue weighted by Crippen LogP contribution is -2.52. The van der Waals surface area contributed by atoms with Gasteiger partial charge in [0.15, 0.2) is 0 Å². The molecule has 220 valence electrons. The van der Waals surface area contributed by atoms with E-state index in [4.69, 9.17) is 46.4 Å². The maximum atomic E-state index is 14.1. The summed E-state index contributed by atoms with van der Waals surface area (Å²) in [7, 11) is -4.26. The van der Waals surface area contributed by atoms with Crippen molar-refractivity contribution in [2.75, 3.05) is 17.4 Å². The lowest BCUT2D eigenvalue weighted by Gasteiger charge is -2.33. The number of rotatable bonds is 12. The number of benzene rings is 3. The van der Waals surface area contributed by atoms with Crippen LogP contribution in [0.3, 0.4) is 0 Å². The van der Waals surface area contributed by atoms with Gasteiger partial charge in [0.1, 0.15) is 12.6 Å². The summed E-state index contributed by atoms with van der Waals surface area (Å²) in [5, 5.41) is 3.94. The average molecular weight is 659 g/mol. The molecular formula is C29H31Cl4N3O4S. The van der Waals surface area contributed by atoms with Gasteiger partial charge in [0.2, 0.25) is 11.8 Å². The second kappa shape index (κ2) is 14.6. The summed E-state index contributed by atoms with van der Waals surface area (Å²) in [6, 6.07) is 15.9. The largest absolute Gasteiger partial charge is 0.354 e. The SMILES string of the molecule is CC[C@H](C(=O)NCC(C)C)N(Cc1ccc(Cl)cc1Cl)C(=O)CN(c1ccc(Cl)cc1Cl)S(=O)(=O)c1ccccc1. The quantitative estimate of drug-likeness (QED) is 0.225. The fourth-order valence-corrected chi connectivity index (χ4v) is 6.57. The van der Waals surface area contributed by atoms with Gasteiger partial charge in [-0.05, 0) is 60.4 Å². The van der Waals surface area contributed by atoms with Crippen LogP contribution in [-0.4, -0.2) is 44.3 Å². The van der Waals surface area contributed by atoms with Crippen molar-refractivity contribution < 1.29 is 18.0 Å². The maximum absolute atomic E-state index is 14.1. The van der Waals surface area contributed by atoms with Gasteiger partial charge in [-0.15, -0.1) is 0 Å². The van der Waals surface area contributed by atoms with Crippen molar-refractivity contribution in [3.05, 3.63) is 92.4 Å². The molecule has 3 aromatic carbocycles. The molecule has 0 aliphatic heterocycles. The fourth-order valence-electron chi connectivity index (χ4n) is 4.09. The lowest BCUT2D eigenvalue weighted by atomic mass is 10.1. The first-order valence-electron chi connectivity index (χ1n) is 12.9. The average Bonchev–Trinajstić information content (AvgIpc) is 2.92. The molecule has 0 saturated heterocycles. The first-order valence-corrected chi connectivity index (χ1v) is 15.8. The van der Waals surface area contributed by atoms with Crippen LogP contribution in [0.1, 0.15) is 32.8 Å². The highest BCUT2D eigenvalue weighted by molar-refractivity contribution is 7.92. The van der Waals surface area contributed by atoms with Crippen LogP contribution in [0.2, 0.25) is 20.1 Å². The minimum atomic E-state index is -4.26. The van der Waals surface area contributed by atoms with Crippen molar-refractivity contribution in [2.24, 2.45) is 5.92 Å². The lowest BCUT2D eigenvalue weighted by molar-refractivity contribution is -0.140. The highest BCUT2D eigenvalue weighted by atomic mass is 35.5. The molecule has 12 heteroatoms.